The van der Waals surface area contributed by atoms with Crippen LogP contribution in [-0.2, 0) is 10.0 Å². The normalized spacial score (nSPS) is 20.2. The Balaban J connectivity index is 2.10. The predicted octanol–water partition coefficient (Wildman–Crippen LogP) is 0.886. The molecule has 1 aromatic rings. The van der Waals surface area contributed by atoms with E-state index in [0.717, 1.165) is 19.4 Å². The number of nitrogens with zero attached hydrogens (tertiary/aromatic N) is 2. The van der Waals surface area contributed by atoms with Gasteiger partial charge in [-0.1, -0.05) is 0 Å². The maximum atomic E-state index is 12.4. The van der Waals surface area contributed by atoms with Crippen LogP contribution in [-0.4, -0.2) is 51.0 Å². The zero-order valence-corrected chi connectivity index (χ0v) is 12.8. The van der Waals surface area contributed by atoms with Gasteiger partial charge in [-0.25, -0.2) is 18.1 Å². The molecule has 0 saturated carbocycles. The van der Waals surface area contributed by atoms with Crippen LogP contribution in [0.1, 0.15) is 19.8 Å². The summed E-state index contributed by atoms with van der Waals surface area (Å²) in [5, 5.41) is 2.98. The number of pyridine rings is 1. The monoisotopic (exact) mass is 298 g/mol. The molecule has 0 amide bonds. The number of rotatable bonds is 6. The van der Waals surface area contributed by atoms with Crippen molar-refractivity contribution in [2.24, 2.45) is 0 Å². The second-order valence-electron chi connectivity index (χ2n) is 5.01. The lowest BCUT2D eigenvalue weighted by Gasteiger charge is -2.20. The van der Waals surface area contributed by atoms with Gasteiger partial charge in [-0.15, -0.1) is 0 Å². The molecule has 7 heteroatoms. The Kier molecular flexibility index (Phi) is 4.95. The molecule has 2 heterocycles. The van der Waals surface area contributed by atoms with Crippen molar-refractivity contribution >= 4 is 15.8 Å². The van der Waals surface area contributed by atoms with Crippen LogP contribution in [0.4, 0.5) is 5.82 Å². The first-order valence-electron chi connectivity index (χ1n) is 6.93. The van der Waals surface area contributed by atoms with Gasteiger partial charge in [-0.2, -0.15) is 0 Å². The van der Waals surface area contributed by atoms with Gasteiger partial charge in [0.1, 0.15) is 10.7 Å². The van der Waals surface area contributed by atoms with Crippen LogP contribution in [0, 0.1) is 0 Å². The minimum atomic E-state index is -3.53. The van der Waals surface area contributed by atoms with Gasteiger partial charge in [0, 0.05) is 25.3 Å². The van der Waals surface area contributed by atoms with Crippen LogP contribution < -0.4 is 10.0 Å². The molecule has 0 radical (unpaired) electrons. The number of nitrogens with one attached hydrogen (secondary N) is 2. The lowest BCUT2D eigenvalue weighted by molar-refractivity contribution is 0.311. The van der Waals surface area contributed by atoms with Crippen molar-refractivity contribution in [2.75, 3.05) is 32.0 Å². The van der Waals surface area contributed by atoms with E-state index in [4.69, 9.17) is 0 Å². The predicted molar refractivity (Wildman–Crippen MR) is 79.2 cm³/mol. The standard InChI is InChI=1S/C13H22N4O2S/c1-3-14-13-12(7-4-8-15-13)20(18,19)16-10-11-6-5-9-17(11)2/h4,7-8,11,16H,3,5-6,9-10H2,1-2H3,(H,14,15). The maximum Gasteiger partial charge on any atom is 0.244 e. The van der Waals surface area contributed by atoms with Crippen LogP contribution >= 0.6 is 0 Å². The van der Waals surface area contributed by atoms with E-state index in [2.05, 4.69) is 19.9 Å². The number of sulfonamides is 1. The largest absolute Gasteiger partial charge is 0.369 e. The molecule has 1 aliphatic rings. The molecule has 2 N–H and O–H groups in total. The highest BCUT2D eigenvalue weighted by Gasteiger charge is 2.25. The highest BCUT2D eigenvalue weighted by atomic mass is 32.2. The second-order valence-corrected chi connectivity index (χ2v) is 6.74. The van der Waals surface area contributed by atoms with E-state index in [-0.39, 0.29) is 10.9 Å². The summed E-state index contributed by atoms with van der Waals surface area (Å²) in [5.41, 5.74) is 0. The van der Waals surface area contributed by atoms with Gasteiger partial charge in [0.25, 0.3) is 0 Å². The number of aromatic nitrogens is 1. The van der Waals surface area contributed by atoms with Crippen LogP contribution in [0.15, 0.2) is 23.2 Å². The molecule has 1 aromatic heterocycles. The molecular formula is C13H22N4O2S. The SMILES string of the molecule is CCNc1ncccc1S(=O)(=O)NCC1CCCN1C. The molecule has 1 aliphatic heterocycles. The molecule has 2 rings (SSSR count). The Morgan fingerprint density at radius 1 is 1.50 bits per heavy atom. The molecule has 1 atom stereocenters. The zero-order chi connectivity index (χ0) is 14.6. The Bertz CT molecular complexity index is 547. The van der Waals surface area contributed by atoms with Crippen LogP contribution in [0.5, 0.6) is 0 Å². The Morgan fingerprint density at radius 3 is 2.95 bits per heavy atom. The average Bonchev–Trinajstić information content (AvgIpc) is 2.83. The quantitative estimate of drug-likeness (QED) is 0.816. The van der Waals surface area contributed by atoms with Gasteiger partial charge < -0.3 is 10.2 Å². The molecule has 0 bridgehead atoms. The second kappa shape index (κ2) is 6.51. The molecule has 1 unspecified atom stereocenters. The van der Waals surface area contributed by atoms with E-state index in [1.165, 1.54) is 0 Å². The van der Waals surface area contributed by atoms with Crippen LogP contribution in [0.3, 0.4) is 0 Å². The molecule has 20 heavy (non-hydrogen) atoms. The molecule has 0 aromatic carbocycles. The van der Waals surface area contributed by atoms with Crippen molar-refractivity contribution in [3.8, 4) is 0 Å². The van der Waals surface area contributed by atoms with Crippen LogP contribution in [0.25, 0.3) is 0 Å². The third-order valence-electron chi connectivity index (χ3n) is 3.58. The number of hydrogen-bond donors (Lipinski definition) is 2. The molecule has 0 spiro atoms. The van der Waals surface area contributed by atoms with Crippen LogP contribution in [0.2, 0.25) is 0 Å². The summed E-state index contributed by atoms with van der Waals surface area (Å²) in [6, 6.07) is 3.49. The highest BCUT2D eigenvalue weighted by Crippen LogP contribution is 2.19. The summed E-state index contributed by atoms with van der Waals surface area (Å²) in [5.74, 6) is 0.405. The third-order valence-corrected chi connectivity index (χ3v) is 5.04. The Labute approximate surface area is 120 Å². The minimum absolute atomic E-state index is 0.211. The highest BCUT2D eigenvalue weighted by molar-refractivity contribution is 7.89. The number of likely N-dealkylation sites (N-methyl/N-ethyl adjacent to an activating group) is 1. The van der Waals surface area contributed by atoms with Crippen molar-refractivity contribution in [1.82, 2.24) is 14.6 Å². The first kappa shape index (κ1) is 15.2. The number of anilines is 1. The minimum Gasteiger partial charge on any atom is -0.369 e. The number of hydrogen-bond acceptors (Lipinski definition) is 5. The zero-order valence-electron chi connectivity index (χ0n) is 12.0. The topological polar surface area (TPSA) is 74.3 Å². The lowest BCUT2D eigenvalue weighted by Crippen LogP contribution is -2.38. The fourth-order valence-corrected chi connectivity index (χ4v) is 3.63. The summed E-state index contributed by atoms with van der Waals surface area (Å²) < 4.78 is 27.5. The lowest BCUT2D eigenvalue weighted by atomic mass is 10.2. The summed E-state index contributed by atoms with van der Waals surface area (Å²) >= 11 is 0. The average molecular weight is 298 g/mol. The Morgan fingerprint density at radius 2 is 2.30 bits per heavy atom. The molecule has 112 valence electrons. The third kappa shape index (κ3) is 3.47. The fourth-order valence-electron chi connectivity index (χ4n) is 2.43. The molecule has 1 saturated heterocycles. The van der Waals surface area contributed by atoms with Gasteiger partial charge in [0.05, 0.1) is 0 Å². The van der Waals surface area contributed by atoms with Crippen molar-refractivity contribution in [3.63, 3.8) is 0 Å². The summed E-state index contributed by atoms with van der Waals surface area (Å²) in [6.07, 6.45) is 3.74. The van der Waals surface area contributed by atoms with E-state index in [0.29, 0.717) is 18.9 Å². The van der Waals surface area contributed by atoms with Gasteiger partial charge in [0.2, 0.25) is 10.0 Å². The van der Waals surface area contributed by atoms with Crippen molar-refractivity contribution < 1.29 is 8.42 Å². The molecular weight excluding hydrogens is 276 g/mol. The fraction of sp³-hybridized carbons (Fsp3) is 0.615. The molecule has 0 aliphatic carbocycles. The first-order chi connectivity index (χ1) is 9.54. The maximum absolute atomic E-state index is 12.4. The van der Waals surface area contributed by atoms with E-state index in [1.54, 1.807) is 18.3 Å². The van der Waals surface area contributed by atoms with Gasteiger partial charge in [0.15, 0.2) is 0 Å². The van der Waals surface area contributed by atoms with E-state index in [1.807, 2.05) is 14.0 Å². The number of likely N-dealkylation sites (tertiary alicyclic amines) is 1. The first-order valence-corrected chi connectivity index (χ1v) is 8.41. The van der Waals surface area contributed by atoms with Crippen molar-refractivity contribution in [3.05, 3.63) is 18.3 Å². The molecule has 6 nitrogen and oxygen atoms in total. The van der Waals surface area contributed by atoms with Crippen molar-refractivity contribution in [2.45, 2.75) is 30.7 Å². The smallest absolute Gasteiger partial charge is 0.244 e. The van der Waals surface area contributed by atoms with Crippen molar-refractivity contribution in [1.29, 1.82) is 0 Å². The van der Waals surface area contributed by atoms with E-state index < -0.39 is 10.0 Å². The summed E-state index contributed by atoms with van der Waals surface area (Å²) in [6.45, 7) is 4.01. The van der Waals surface area contributed by atoms with Gasteiger partial charge >= 0.3 is 0 Å². The van der Waals surface area contributed by atoms with Gasteiger partial charge in [-0.3, -0.25) is 0 Å². The Hall–Kier alpha value is -1.18. The van der Waals surface area contributed by atoms with E-state index in [9.17, 15) is 8.42 Å². The summed E-state index contributed by atoms with van der Waals surface area (Å²) in [7, 11) is -1.50. The van der Waals surface area contributed by atoms with E-state index >= 15 is 0 Å². The summed E-state index contributed by atoms with van der Waals surface area (Å²) in [4.78, 5) is 6.49. The van der Waals surface area contributed by atoms with Gasteiger partial charge in [-0.05, 0) is 45.5 Å². The molecule has 1 fully saturated rings.